The quantitative estimate of drug-likeness (QED) is 0.673. The maximum Gasteiger partial charge on any atom is 0.337 e. The van der Waals surface area contributed by atoms with Crippen molar-refractivity contribution in [2.24, 2.45) is 5.92 Å². The highest BCUT2D eigenvalue weighted by Crippen LogP contribution is 2.41. The van der Waals surface area contributed by atoms with Gasteiger partial charge in [0.25, 0.3) is 0 Å². The zero-order chi connectivity index (χ0) is 22.9. The maximum absolute atomic E-state index is 12.7. The van der Waals surface area contributed by atoms with Crippen molar-refractivity contribution in [3.63, 3.8) is 0 Å². The maximum atomic E-state index is 12.7. The summed E-state index contributed by atoms with van der Waals surface area (Å²) in [5.41, 5.74) is 2.98. The van der Waals surface area contributed by atoms with Gasteiger partial charge >= 0.3 is 5.97 Å². The van der Waals surface area contributed by atoms with Crippen molar-refractivity contribution < 1.29 is 23.8 Å². The number of hydrogen-bond donors (Lipinski definition) is 1. The first-order valence-electron chi connectivity index (χ1n) is 10.9. The summed E-state index contributed by atoms with van der Waals surface area (Å²) in [5.74, 6) is 0.401. The van der Waals surface area contributed by atoms with Crippen LogP contribution in [0.5, 0.6) is 5.75 Å². The number of rotatable bonds is 5. The van der Waals surface area contributed by atoms with Crippen LogP contribution in [0.2, 0.25) is 5.02 Å². The minimum Gasteiger partial charge on any atom is -0.487 e. The Morgan fingerprint density at radius 1 is 1.22 bits per heavy atom. The van der Waals surface area contributed by atoms with Crippen molar-refractivity contribution >= 4 is 23.5 Å². The number of carbonyl (C=O) groups excluding carboxylic acids is 2. The van der Waals surface area contributed by atoms with E-state index in [9.17, 15) is 9.59 Å². The second-order valence-corrected chi connectivity index (χ2v) is 9.43. The number of fused-ring (bicyclic) bond motifs is 1. The molecule has 2 unspecified atom stereocenters. The number of ether oxygens (including phenoxy) is 3. The highest BCUT2D eigenvalue weighted by molar-refractivity contribution is 6.31. The fourth-order valence-electron chi connectivity index (χ4n) is 4.44. The highest BCUT2D eigenvalue weighted by Gasteiger charge is 2.34. The molecule has 0 saturated carbocycles. The lowest BCUT2D eigenvalue weighted by atomic mass is 9.88. The van der Waals surface area contributed by atoms with E-state index in [1.54, 1.807) is 12.1 Å². The van der Waals surface area contributed by atoms with Crippen molar-refractivity contribution in [2.75, 3.05) is 20.3 Å². The molecule has 6 nitrogen and oxygen atoms in total. The summed E-state index contributed by atoms with van der Waals surface area (Å²) in [6, 6.07) is 10.9. The molecule has 0 aliphatic carbocycles. The first-order valence-corrected chi connectivity index (χ1v) is 11.2. The van der Waals surface area contributed by atoms with E-state index < -0.39 is 0 Å². The summed E-state index contributed by atoms with van der Waals surface area (Å²) in [5, 5.41) is 3.68. The Kier molecular flexibility index (Phi) is 6.45. The summed E-state index contributed by atoms with van der Waals surface area (Å²) in [6.07, 6.45) is 1.96. The highest BCUT2D eigenvalue weighted by atomic mass is 35.5. The van der Waals surface area contributed by atoms with E-state index in [4.69, 9.17) is 25.8 Å². The van der Waals surface area contributed by atoms with E-state index in [1.165, 1.54) is 7.11 Å². The molecule has 0 aromatic heterocycles. The van der Waals surface area contributed by atoms with Crippen LogP contribution in [0.15, 0.2) is 36.4 Å². The molecule has 0 bridgehead atoms. The summed E-state index contributed by atoms with van der Waals surface area (Å²) >= 11 is 6.37. The molecular weight excluding hydrogens is 430 g/mol. The molecule has 2 atom stereocenters. The Morgan fingerprint density at radius 3 is 2.66 bits per heavy atom. The molecule has 1 N–H and O–H groups in total. The van der Waals surface area contributed by atoms with E-state index in [1.807, 2.05) is 38.1 Å². The molecule has 170 valence electrons. The third-order valence-electron chi connectivity index (χ3n) is 6.05. The molecule has 2 heterocycles. The predicted molar refractivity (Wildman–Crippen MR) is 122 cm³/mol. The van der Waals surface area contributed by atoms with Crippen molar-refractivity contribution in [1.29, 1.82) is 0 Å². The van der Waals surface area contributed by atoms with Gasteiger partial charge in [-0.05, 0) is 56.5 Å². The van der Waals surface area contributed by atoms with Crippen LogP contribution in [-0.2, 0) is 20.7 Å². The van der Waals surface area contributed by atoms with Crippen LogP contribution in [0.25, 0.3) is 11.1 Å². The molecule has 0 spiro atoms. The Hall–Kier alpha value is -2.57. The second-order valence-electron chi connectivity index (χ2n) is 9.00. The van der Waals surface area contributed by atoms with Gasteiger partial charge in [0, 0.05) is 35.1 Å². The largest absolute Gasteiger partial charge is 0.487 e. The van der Waals surface area contributed by atoms with Gasteiger partial charge in [0.1, 0.15) is 11.9 Å². The molecule has 2 aliphatic heterocycles. The Labute approximate surface area is 193 Å². The van der Waals surface area contributed by atoms with E-state index in [0.29, 0.717) is 36.6 Å². The zero-order valence-electron chi connectivity index (χ0n) is 18.6. The van der Waals surface area contributed by atoms with Gasteiger partial charge in [-0.25, -0.2) is 4.79 Å². The molecule has 7 heteroatoms. The van der Waals surface area contributed by atoms with Crippen LogP contribution in [0, 0.1) is 5.92 Å². The Balaban J connectivity index is 1.44. The van der Waals surface area contributed by atoms with Crippen LogP contribution in [-0.4, -0.2) is 43.8 Å². The van der Waals surface area contributed by atoms with Crippen LogP contribution in [0.4, 0.5) is 0 Å². The van der Waals surface area contributed by atoms with Gasteiger partial charge in [-0.1, -0.05) is 23.7 Å². The van der Waals surface area contributed by atoms with Gasteiger partial charge in [-0.2, -0.15) is 0 Å². The van der Waals surface area contributed by atoms with Gasteiger partial charge in [0.15, 0.2) is 0 Å². The third kappa shape index (κ3) is 4.92. The fourth-order valence-corrected chi connectivity index (χ4v) is 4.68. The number of methoxy groups -OCH3 is 1. The molecule has 2 aliphatic rings. The van der Waals surface area contributed by atoms with Crippen molar-refractivity contribution in [1.82, 2.24) is 5.32 Å². The lowest BCUT2D eigenvalue weighted by Gasteiger charge is -2.34. The number of halogens is 1. The van der Waals surface area contributed by atoms with E-state index in [0.717, 1.165) is 28.9 Å². The van der Waals surface area contributed by atoms with Gasteiger partial charge in [0.05, 0.1) is 24.8 Å². The predicted octanol–water partition coefficient (Wildman–Crippen LogP) is 4.42. The number of hydrogen-bond acceptors (Lipinski definition) is 5. The number of esters is 1. The fraction of sp³-hybridized carbons (Fsp3) is 0.440. The average Bonchev–Trinajstić information content (AvgIpc) is 3.18. The summed E-state index contributed by atoms with van der Waals surface area (Å²) in [4.78, 5) is 24.4. The Bertz CT molecular complexity index is 1020. The number of amides is 1. The zero-order valence-corrected chi connectivity index (χ0v) is 19.3. The van der Waals surface area contributed by atoms with Crippen molar-refractivity contribution in [2.45, 2.75) is 44.8 Å². The molecule has 1 amide bonds. The van der Waals surface area contributed by atoms with E-state index in [2.05, 4.69) is 5.32 Å². The lowest BCUT2D eigenvalue weighted by Crippen LogP contribution is -2.43. The van der Waals surface area contributed by atoms with Gasteiger partial charge in [-0.15, -0.1) is 0 Å². The monoisotopic (exact) mass is 457 g/mol. The number of benzene rings is 2. The average molecular weight is 458 g/mol. The standard InChI is InChI=1S/C25H28ClNO5/c1-25(2)13-17(8-9-31-25)23(28)27-14-20-11-18-10-19(26)12-21(22(18)32-20)15-4-6-16(7-5-15)24(29)30-3/h4-7,10,12,17,20H,8-9,11,13-14H2,1-3H3,(H,27,28). The minimum atomic E-state index is -0.382. The normalized spacial score (nSPS) is 21.4. The van der Waals surface area contributed by atoms with Crippen LogP contribution < -0.4 is 10.1 Å². The van der Waals surface area contributed by atoms with Crippen LogP contribution >= 0.6 is 11.6 Å². The molecule has 1 fully saturated rings. The molecule has 1 saturated heterocycles. The van der Waals surface area contributed by atoms with E-state index in [-0.39, 0.29) is 29.5 Å². The van der Waals surface area contributed by atoms with Crippen molar-refractivity contribution in [3.05, 3.63) is 52.5 Å². The smallest absolute Gasteiger partial charge is 0.337 e. The SMILES string of the molecule is COC(=O)c1ccc(-c2cc(Cl)cc3c2OC(CNC(=O)C2CCOC(C)(C)C2)C3)cc1. The first kappa shape index (κ1) is 22.6. The first-order chi connectivity index (χ1) is 15.3. The summed E-state index contributed by atoms with van der Waals surface area (Å²) in [7, 11) is 1.36. The van der Waals surface area contributed by atoms with Gasteiger partial charge < -0.3 is 19.5 Å². The van der Waals surface area contributed by atoms with Crippen LogP contribution in [0.3, 0.4) is 0 Å². The molecule has 0 radical (unpaired) electrons. The molecular formula is C25H28ClNO5. The molecule has 32 heavy (non-hydrogen) atoms. The third-order valence-corrected chi connectivity index (χ3v) is 6.27. The van der Waals surface area contributed by atoms with Gasteiger partial charge in [0.2, 0.25) is 5.91 Å². The summed E-state index contributed by atoms with van der Waals surface area (Å²) < 4.78 is 16.7. The van der Waals surface area contributed by atoms with Crippen molar-refractivity contribution in [3.8, 4) is 16.9 Å². The van der Waals surface area contributed by atoms with E-state index >= 15 is 0 Å². The lowest BCUT2D eigenvalue weighted by molar-refractivity contribution is -0.135. The number of carbonyl (C=O) groups is 2. The summed E-state index contributed by atoms with van der Waals surface area (Å²) in [6.45, 7) is 5.08. The van der Waals surface area contributed by atoms with Gasteiger partial charge in [-0.3, -0.25) is 4.79 Å². The minimum absolute atomic E-state index is 0.0409. The molecule has 2 aromatic rings. The topological polar surface area (TPSA) is 73.9 Å². The second kappa shape index (κ2) is 9.12. The molecule has 4 rings (SSSR count). The van der Waals surface area contributed by atoms with Crippen LogP contribution in [0.1, 0.15) is 42.6 Å². The Morgan fingerprint density at radius 2 is 1.97 bits per heavy atom. The molecule has 2 aromatic carbocycles. The number of nitrogens with one attached hydrogen (secondary N) is 1.